The van der Waals surface area contributed by atoms with E-state index in [1.807, 2.05) is 7.05 Å². The molecule has 0 atom stereocenters. The van der Waals surface area contributed by atoms with Gasteiger partial charge in [0.1, 0.15) is 0 Å². The Morgan fingerprint density at radius 3 is 2.46 bits per heavy atom. The number of nitrogens with one attached hydrogen (secondary N) is 2. The van der Waals surface area contributed by atoms with Crippen molar-refractivity contribution in [2.24, 2.45) is 4.99 Å². The molecule has 0 spiro atoms. The largest absolute Gasteiger partial charge is 0.381 e. The van der Waals surface area contributed by atoms with E-state index >= 15 is 0 Å². The van der Waals surface area contributed by atoms with E-state index in [1.54, 1.807) is 0 Å². The summed E-state index contributed by atoms with van der Waals surface area (Å²) in [6.45, 7) is 9.93. The van der Waals surface area contributed by atoms with Crippen LogP contribution in [0.3, 0.4) is 0 Å². The predicted octanol–water partition coefficient (Wildman–Crippen LogP) is 2.62. The van der Waals surface area contributed by atoms with Gasteiger partial charge in [0.15, 0.2) is 5.96 Å². The zero-order valence-corrected chi connectivity index (χ0v) is 19.1. The van der Waals surface area contributed by atoms with Gasteiger partial charge in [0.05, 0.1) is 0 Å². The Morgan fingerprint density at radius 2 is 1.81 bits per heavy atom. The molecule has 0 aromatic rings. The van der Waals surface area contributed by atoms with Crippen molar-refractivity contribution in [3.05, 3.63) is 0 Å². The molecule has 26 heavy (non-hydrogen) atoms. The Morgan fingerprint density at radius 1 is 1.12 bits per heavy atom. The summed E-state index contributed by atoms with van der Waals surface area (Å²) >= 11 is 0. The first-order valence-electron chi connectivity index (χ1n) is 10.2. The maximum absolute atomic E-state index is 5.62. The molecular formula is C19H39IN4O2. The van der Waals surface area contributed by atoms with E-state index in [1.165, 1.54) is 32.4 Å². The van der Waals surface area contributed by atoms with Gasteiger partial charge < -0.3 is 20.1 Å². The summed E-state index contributed by atoms with van der Waals surface area (Å²) in [6.07, 6.45) is 8.23. The third kappa shape index (κ3) is 7.86. The van der Waals surface area contributed by atoms with Crippen LogP contribution in [0, 0.1) is 0 Å². The zero-order valence-electron chi connectivity index (χ0n) is 16.7. The topological polar surface area (TPSA) is 58.1 Å². The molecule has 2 saturated heterocycles. The van der Waals surface area contributed by atoms with Gasteiger partial charge in [-0.25, -0.2) is 0 Å². The minimum Gasteiger partial charge on any atom is -0.381 e. The molecule has 154 valence electrons. The first-order valence-corrected chi connectivity index (χ1v) is 10.2. The summed E-state index contributed by atoms with van der Waals surface area (Å²) in [5.41, 5.74) is 0.232. The molecule has 2 heterocycles. The van der Waals surface area contributed by atoms with E-state index in [0.29, 0.717) is 0 Å². The SMILES string of the molecule is CCCCOCCCNC(=NC)NCC1(N2CCCC2)CCOCC1.I. The van der Waals surface area contributed by atoms with Gasteiger partial charge in [-0.1, -0.05) is 13.3 Å². The molecule has 0 aromatic heterocycles. The maximum Gasteiger partial charge on any atom is 0.191 e. The van der Waals surface area contributed by atoms with Gasteiger partial charge in [-0.2, -0.15) is 0 Å². The molecule has 0 bridgehead atoms. The van der Waals surface area contributed by atoms with E-state index in [-0.39, 0.29) is 29.5 Å². The molecule has 7 heteroatoms. The third-order valence-electron chi connectivity index (χ3n) is 5.41. The summed E-state index contributed by atoms with van der Waals surface area (Å²) in [6, 6.07) is 0. The second-order valence-electron chi connectivity index (χ2n) is 7.20. The van der Waals surface area contributed by atoms with Crippen LogP contribution in [0.2, 0.25) is 0 Å². The number of aliphatic imine (C=N–C) groups is 1. The van der Waals surface area contributed by atoms with Crippen LogP contribution in [-0.2, 0) is 9.47 Å². The van der Waals surface area contributed by atoms with Crippen LogP contribution in [0.5, 0.6) is 0 Å². The number of likely N-dealkylation sites (tertiary alicyclic amines) is 1. The van der Waals surface area contributed by atoms with Crippen LogP contribution in [0.15, 0.2) is 4.99 Å². The normalized spacial score (nSPS) is 20.6. The first kappa shape index (κ1) is 23.9. The van der Waals surface area contributed by atoms with Crippen molar-refractivity contribution < 1.29 is 9.47 Å². The van der Waals surface area contributed by atoms with Gasteiger partial charge in [0, 0.05) is 52.1 Å². The number of hydrogen-bond acceptors (Lipinski definition) is 4. The molecule has 0 unspecified atom stereocenters. The van der Waals surface area contributed by atoms with Crippen LogP contribution in [0.25, 0.3) is 0 Å². The number of hydrogen-bond donors (Lipinski definition) is 2. The van der Waals surface area contributed by atoms with Crippen LogP contribution < -0.4 is 10.6 Å². The Labute approximate surface area is 176 Å². The van der Waals surface area contributed by atoms with Gasteiger partial charge in [-0.05, 0) is 51.6 Å². The summed E-state index contributed by atoms with van der Waals surface area (Å²) in [5.74, 6) is 0.902. The van der Waals surface area contributed by atoms with Crippen molar-refractivity contribution in [1.29, 1.82) is 0 Å². The fraction of sp³-hybridized carbons (Fsp3) is 0.947. The highest BCUT2D eigenvalue weighted by Crippen LogP contribution is 2.30. The number of guanidine groups is 1. The maximum atomic E-state index is 5.62. The van der Waals surface area contributed by atoms with Crippen molar-refractivity contribution in [2.75, 3.05) is 59.7 Å². The summed E-state index contributed by atoms with van der Waals surface area (Å²) in [7, 11) is 1.85. The van der Waals surface area contributed by atoms with E-state index in [4.69, 9.17) is 9.47 Å². The molecule has 0 amide bonds. The van der Waals surface area contributed by atoms with Crippen molar-refractivity contribution in [1.82, 2.24) is 15.5 Å². The lowest BCUT2D eigenvalue weighted by molar-refractivity contribution is -0.0164. The fourth-order valence-electron chi connectivity index (χ4n) is 3.75. The Balaban J connectivity index is 0.00000338. The van der Waals surface area contributed by atoms with Crippen LogP contribution in [0.1, 0.15) is 51.9 Å². The van der Waals surface area contributed by atoms with Crippen molar-refractivity contribution in [2.45, 2.75) is 57.4 Å². The van der Waals surface area contributed by atoms with Crippen molar-refractivity contribution in [3.8, 4) is 0 Å². The van der Waals surface area contributed by atoms with E-state index in [0.717, 1.165) is 71.2 Å². The highest BCUT2D eigenvalue weighted by atomic mass is 127. The van der Waals surface area contributed by atoms with Crippen molar-refractivity contribution >= 4 is 29.9 Å². The minimum atomic E-state index is 0. The Hall–Kier alpha value is -0.120. The molecule has 0 saturated carbocycles. The van der Waals surface area contributed by atoms with Gasteiger partial charge in [0.25, 0.3) is 0 Å². The smallest absolute Gasteiger partial charge is 0.191 e. The molecule has 0 aromatic carbocycles. The van der Waals surface area contributed by atoms with Crippen LogP contribution in [-0.4, -0.2) is 76.1 Å². The molecule has 2 fully saturated rings. The van der Waals surface area contributed by atoms with E-state index in [9.17, 15) is 0 Å². The predicted molar refractivity (Wildman–Crippen MR) is 119 cm³/mol. The first-order chi connectivity index (χ1) is 12.3. The monoisotopic (exact) mass is 482 g/mol. The van der Waals surface area contributed by atoms with E-state index < -0.39 is 0 Å². The molecular weight excluding hydrogens is 443 g/mol. The second-order valence-corrected chi connectivity index (χ2v) is 7.20. The highest BCUT2D eigenvalue weighted by Gasteiger charge is 2.39. The van der Waals surface area contributed by atoms with Crippen LogP contribution >= 0.6 is 24.0 Å². The lowest BCUT2D eigenvalue weighted by Gasteiger charge is -2.45. The molecule has 2 N–H and O–H groups in total. The van der Waals surface area contributed by atoms with Gasteiger partial charge >= 0.3 is 0 Å². The zero-order chi connectivity index (χ0) is 17.8. The van der Waals surface area contributed by atoms with Gasteiger partial charge in [0.2, 0.25) is 0 Å². The molecule has 2 aliphatic rings. The lowest BCUT2D eigenvalue weighted by atomic mass is 9.88. The molecule has 6 nitrogen and oxygen atoms in total. The summed E-state index contributed by atoms with van der Waals surface area (Å²) in [4.78, 5) is 7.06. The number of ether oxygens (including phenoxy) is 2. The minimum absolute atomic E-state index is 0. The average Bonchev–Trinajstić information content (AvgIpc) is 3.19. The standard InChI is InChI=1S/C19H38N4O2.HI/c1-3-4-13-24-14-7-10-21-18(20-2)22-17-19(8-15-25-16-9-19)23-11-5-6-12-23;/h3-17H2,1-2H3,(H2,20,21,22);1H. The van der Waals surface area contributed by atoms with Gasteiger partial charge in [-0.15, -0.1) is 24.0 Å². The number of rotatable bonds is 10. The third-order valence-corrected chi connectivity index (χ3v) is 5.41. The molecule has 0 radical (unpaired) electrons. The number of nitrogens with zero attached hydrogens (tertiary/aromatic N) is 2. The van der Waals surface area contributed by atoms with E-state index in [2.05, 4.69) is 27.4 Å². The Kier molecular flexibility index (Phi) is 12.8. The highest BCUT2D eigenvalue weighted by molar-refractivity contribution is 14.0. The van der Waals surface area contributed by atoms with Gasteiger partial charge in [-0.3, -0.25) is 9.89 Å². The molecule has 2 rings (SSSR count). The average molecular weight is 482 g/mol. The fourth-order valence-corrected chi connectivity index (χ4v) is 3.75. The molecule has 0 aliphatic carbocycles. The quantitative estimate of drug-likeness (QED) is 0.217. The Bertz CT molecular complexity index is 384. The second kappa shape index (κ2) is 14.0. The van der Waals surface area contributed by atoms with Crippen molar-refractivity contribution in [3.63, 3.8) is 0 Å². The lowest BCUT2D eigenvalue weighted by Crippen LogP contribution is -2.58. The summed E-state index contributed by atoms with van der Waals surface area (Å²) in [5, 5.41) is 6.99. The number of halogens is 1. The van der Waals surface area contributed by atoms with Crippen LogP contribution in [0.4, 0.5) is 0 Å². The number of unbranched alkanes of at least 4 members (excludes halogenated alkanes) is 1. The summed E-state index contributed by atoms with van der Waals surface area (Å²) < 4.78 is 11.2. The molecule has 2 aliphatic heterocycles.